The zero-order valence-corrected chi connectivity index (χ0v) is 15.3. The van der Waals surface area contributed by atoms with E-state index in [0.717, 1.165) is 19.3 Å². The maximum absolute atomic E-state index is 12.1. The van der Waals surface area contributed by atoms with Crippen LogP contribution in [0, 0.1) is 0 Å². The molecule has 6 heteroatoms. The lowest BCUT2D eigenvalue weighted by molar-refractivity contribution is -0.127. The standard InChI is InChI=1S/C17H20Cl3NO2/c1-11(23-16-10-14(19)13(18)9-15(16)20)17(22)21-8-7-12-5-3-2-4-6-12/h5,9-11H,2-4,6-8H2,1H3,(H,21,22)/t11-/m1/s1. The van der Waals surface area contributed by atoms with Crippen molar-refractivity contribution in [2.75, 3.05) is 6.54 Å². The SMILES string of the molecule is C[C@@H](Oc1cc(Cl)c(Cl)cc1Cl)C(=O)NCCC1=CCCCC1. The molecule has 0 radical (unpaired) electrons. The van der Waals surface area contributed by atoms with Gasteiger partial charge in [0.1, 0.15) is 5.75 Å². The number of amides is 1. The molecule has 0 spiro atoms. The Bertz CT molecular complexity index is 602. The maximum Gasteiger partial charge on any atom is 0.260 e. The monoisotopic (exact) mass is 375 g/mol. The number of rotatable bonds is 6. The molecule has 1 atom stereocenters. The number of benzene rings is 1. The van der Waals surface area contributed by atoms with Crippen molar-refractivity contribution in [1.29, 1.82) is 0 Å². The summed E-state index contributed by atoms with van der Waals surface area (Å²) in [6.45, 7) is 2.29. The summed E-state index contributed by atoms with van der Waals surface area (Å²) < 4.78 is 5.58. The zero-order chi connectivity index (χ0) is 16.8. The minimum absolute atomic E-state index is 0.177. The smallest absolute Gasteiger partial charge is 0.260 e. The topological polar surface area (TPSA) is 38.3 Å². The number of hydrogen-bond donors (Lipinski definition) is 1. The predicted octanol–water partition coefficient (Wildman–Crippen LogP) is 5.42. The molecule has 1 N–H and O–H groups in total. The van der Waals surface area contributed by atoms with E-state index in [1.807, 2.05) is 0 Å². The van der Waals surface area contributed by atoms with Crippen LogP contribution in [0.3, 0.4) is 0 Å². The Hall–Kier alpha value is -0.900. The molecule has 0 saturated heterocycles. The molecule has 1 aliphatic carbocycles. The first-order chi connectivity index (χ1) is 11.0. The Morgan fingerprint density at radius 1 is 1.22 bits per heavy atom. The molecule has 2 rings (SSSR count). The van der Waals surface area contributed by atoms with Crippen molar-refractivity contribution in [3.05, 3.63) is 38.8 Å². The lowest BCUT2D eigenvalue weighted by Gasteiger charge is -2.17. The predicted molar refractivity (Wildman–Crippen MR) is 95.7 cm³/mol. The molecule has 0 heterocycles. The molecule has 1 aliphatic rings. The minimum Gasteiger partial charge on any atom is -0.479 e. The first-order valence-electron chi connectivity index (χ1n) is 7.74. The highest BCUT2D eigenvalue weighted by atomic mass is 35.5. The van der Waals surface area contributed by atoms with Gasteiger partial charge in [-0.05, 0) is 45.1 Å². The molecule has 1 amide bonds. The molecular formula is C17H20Cl3NO2. The van der Waals surface area contributed by atoms with Crippen LogP contribution in [0.2, 0.25) is 15.1 Å². The van der Waals surface area contributed by atoms with E-state index in [4.69, 9.17) is 39.5 Å². The average molecular weight is 377 g/mol. The van der Waals surface area contributed by atoms with Crippen molar-refractivity contribution in [2.24, 2.45) is 0 Å². The third-order valence-electron chi connectivity index (χ3n) is 3.78. The highest BCUT2D eigenvalue weighted by molar-refractivity contribution is 6.43. The number of allylic oxidation sites excluding steroid dienone is 1. The normalized spacial score (nSPS) is 15.7. The van der Waals surface area contributed by atoms with Crippen LogP contribution in [0.5, 0.6) is 5.75 Å². The molecule has 0 saturated carbocycles. The number of halogens is 3. The van der Waals surface area contributed by atoms with E-state index in [0.29, 0.717) is 27.4 Å². The van der Waals surface area contributed by atoms with Gasteiger partial charge in [-0.1, -0.05) is 46.5 Å². The van der Waals surface area contributed by atoms with Crippen molar-refractivity contribution < 1.29 is 9.53 Å². The summed E-state index contributed by atoms with van der Waals surface area (Å²) in [5.74, 6) is 0.169. The molecule has 0 aliphatic heterocycles. The number of hydrogen-bond acceptors (Lipinski definition) is 2. The maximum atomic E-state index is 12.1. The lowest BCUT2D eigenvalue weighted by atomic mass is 9.97. The highest BCUT2D eigenvalue weighted by Gasteiger charge is 2.17. The van der Waals surface area contributed by atoms with Crippen molar-refractivity contribution in [3.63, 3.8) is 0 Å². The molecule has 0 aromatic heterocycles. The van der Waals surface area contributed by atoms with E-state index in [1.54, 1.807) is 6.92 Å². The molecule has 23 heavy (non-hydrogen) atoms. The number of ether oxygens (including phenoxy) is 1. The summed E-state index contributed by atoms with van der Waals surface area (Å²) in [4.78, 5) is 12.1. The molecule has 1 aromatic rings. The van der Waals surface area contributed by atoms with Crippen LogP contribution in [-0.4, -0.2) is 18.6 Å². The number of nitrogens with one attached hydrogen (secondary N) is 1. The van der Waals surface area contributed by atoms with Crippen molar-refractivity contribution in [2.45, 2.75) is 45.1 Å². The molecule has 0 unspecified atom stereocenters. The molecular weight excluding hydrogens is 357 g/mol. The Kier molecular flexibility index (Phi) is 7.07. The van der Waals surface area contributed by atoms with Gasteiger partial charge in [0.15, 0.2) is 6.10 Å². The highest BCUT2D eigenvalue weighted by Crippen LogP contribution is 2.34. The fourth-order valence-corrected chi connectivity index (χ4v) is 3.04. The Balaban J connectivity index is 1.83. The molecule has 0 bridgehead atoms. The van der Waals surface area contributed by atoms with Crippen LogP contribution in [0.25, 0.3) is 0 Å². The fourth-order valence-electron chi connectivity index (χ4n) is 2.46. The van der Waals surface area contributed by atoms with Crippen LogP contribution < -0.4 is 10.1 Å². The molecule has 0 fully saturated rings. The van der Waals surface area contributed by atoms with Gasteiger partial charge in [0.05, 0.1) is 15.1 Å². The molecule has 126 valence electrons. The average Bonchev–Trinajstić information content (AvgIpc) is 2.53. The van der Waals surface area contributed by atoms with Gasteiger partial charge in [-0.25, -0.2) is 0 Å². The number of carbonyl (C=O) groups excluding carboxylic acids is 1. The van der Waals surface area contributed by atoms with Gasteiger partial charge < -0.3 is 10.1 Å². The fraction of sp³-hybridized carbons (Fsp3) is 0.471. The van der Waals surface area contributed by atoms with Gasteiger partial charge in [0.25, 0.3) is 5.91 Å². The van der Waals surface area contributed by atoms with E-state index >= 15 is 0 Å². The summed E-state index contributed by atoms with van der Waals surface area (Å²) in [5.41, 5.74) is 1.43. The van der Waals surface area contributed by atoms with Gasteiger partial charge in [-0.15, -0.1) is 0 Å². The third-order valence-corrected chi connectivity index (χ3v) is 4.80. The lowest BCUT2D eigenvalue weighted by Crippen LogP contribution is -2.37. The van der Waals surface area contributed by atoms with Crippen molar-refractivity contribution in [1.82, 2.24) is 5.32 Å². The summed E-state index contributed by atoms with van der Waals surface area (Å²) in [6, 6.07) is 3.02. The first kappa shape index (κ1) is 18.4. The van der Waals surface area contributed by atoms with Crippen LogP contribution in [0.4, 0.5) is 0 Å². The van der Waals surface area contributed by atoms with E-state index in [-0.39, 0.29) is 5.91 Å². The van der Waals surface area contributed by atoms with E-state index < -0.39 is 6.10 Å². The Morgan fingerprint density at radius 2 is 1.96 bits per heavy atom. The summed E-state index contributed by atoms with van der Waals surface area (Å²) in [5, 5.41) is 3.90. The van der Waals surface area contributed by atoms with Gasteiger partial charge >= 0.3 is 0 Å². The van der Waals surface area contributed by atoms with Crippen LogP contribution >= 0.6 is 34.8 Å². The quantitative estimate of drug-likeness (QED) is 0.531. The second-order valence-corrected chi connectivity index (χ2v) is 6.83. The van der Waals surface area contributed by atoms with Gasteiger partial charge in [0, 0.05) is 12.6 Å². The molecule has 3 nitrogen and oxygen atoms in total. The van der Waals surface area contributed by atoms with Crippen molar-refractivity contribution in [3.8, 4) is 5.75 Å². The second kappa shape index (κ2) is 8.81. The first-order valence-corrected chi connectivity index (χ1v) is 8.87. The van der Waals surface area contributed by atoms with Crippen LogP contribution in [0.15, 0.2) is 23.8 Å². The third kappa shape index (κ3) is 5.59. The summed E-state index contributed by atoms with van der Waals surface area (Å²) in [7, 11) is 0. The van der Waals surface area contributed by atoms with E-state index in [9.17, 15) is 4.79 Å². The summed E-state index contributed by atoms with van der Waals surface area (Å²) >= 11 is 17.9. The Morgan fingerprint density at radius 3 is 2.65 bits per heavy atom. The largest absolute Gasteiger partial charge is 0.479 e. The Labute approximate surface area is 151 Å². The van der Waals surface area contributed by atoms with Gasteiger partial charge in [-0.3, -0.25) is 4.79 Å². The zero-order valence-electron chi connectivity index (χ0n) is 13.0. The van der Waals surface area contributed by atoms with E-state index in [1.165, 1.54) is 30.5 Å². The summed E-state index contributed by atoms with van der Waals surface area (Å²) in [6.07, 6.45) is 7.32. The molecule has 1 aromatic carbocycles. The van der Waals surface area contributed by atoms with Gasteiger partial charge in [-0.2, -0.15) is 0 Å². The second-order valence-electron chi connectivity index (χ2n) is 5.61. The number of carbonyl (C=O) groups is 1. The minimum atomic E-state index is -0.662. The van der Waals surface area contributed by atoms with Crippen LogP contribution in [0.1, 0.15) is 39.0 Å². The van der Waals surface area contributed by atoms with E-state index in [2.05, 4.69) is 11.4 Å². The van der Waals surface area contributed by atoms with Crippen LogP contribution in [-0.2, 0) is 4.79 Å². The van der Waals surface area contributed by atoms with Crippen molar-refractivity contribution >= 4 is 40.7 Å². The van der Waals surface area contributed by atoms with Gasteiger partial charge in [0.2, 0.25) is 0 Å².